The topological polar surface area (TPSA) is 32.3 Å². The number of hydrogen-bond acceptors (Lipinski definition) is 4. The fourth-order valence-corrected chi connectivity index (χ4v) is 3.21. The Hall–Kier alpha value is -1.36. The molecule has 2 heterocycles. The van der Waals surface area contributed by atoms with Crippen LogP contribution in [0.1, 0.15) is 11.1 Å². The highest BCUT2D eigenvalue weighted by Gasteiger charge is 2.32. The first-order valence-corrected chi connectivity index (χ1v) is 7.96. The smallest absolute Gasteiger partial charge is 0.134 e. The average molecular weight is 337 g/mol. The summed E-state index contributed by atoms with van der Waals surface area (Å²) in [5, 5.41) is 1.45. The van der Waals surface area contributed by atoms with Gasteiger partial charge in [0.1, 0.15) is 12.1 Å². The first-order chi connectivity index (χ1) is 10.6. The molecule has 0 bridgehead atoms. The molecule has 0 aliphatic carbocycles. The zero-order chi connectivity index (χ0) is 15.7. The average Bonchev–Trinajstić information content (AvgIpc) is 2.43. The lowest BCUT2D eigenvalue weighted by molar-refractivity contribution is 0.196. The Bertz CT molecular complexity index is 651. The van der Waals surface area contributed by atoms with Crippen LogP contribution in [0, 0.1) is 6.92 Å². The number of aryl methyl sites for hydroxylation is 1. The third-order valence-electron chi connectivity index (χ3n) is 4.12. The van der Waals surface area contributed by atoms with Gasteiger partial charge in [0.05, 0.1) is 0 Å². The first kappa shape index (κ1) is 15.5. The van der Waals surface area contributed by atoms with Crippen molar-refractivity contribution in [3.63, 3.8) is 0 Å². The molecule has 0 atom stereocenters. The van der Waals surface area contributed by atoms with E-state index in [1.54, 1.807) is 6.33 Å². The standard InChI is InChI=1S/C16H18Cl2N4/c1-11-6-19-10-20-16(11)22-7-12(8-22)21(2)9-13-14(17)4-3-5-15(13)18/h3-6,10,12H,7-9H2,1-2H3. The van der Waals surface area contributed by atoms with E-state index >= 15 is 0 Å². The largest absolute Gasteiger partial charge is 0.353 e. The molecule has 0 unspecified atom stereocenters. The summed E-state index contributed by atoms with van der Waals surface area (Å²) < 4.78 is 0. The van der Waals surface area contributed by atoms with E-state index in [0.717, 1.165) is 46.6 Å². The third-order valence-corrected chi connectivity index (χ3v) is 4.83. The molecule has 0 saturated carbocycles. The molecule has 0 spiro atoms. The monoisotopic (exact) mass is 336 g/mol. The van der Waals surface area contributed by atoms with E-state index in [9.17, 15) is 0 Å². The van der Waals surface area contributed by atoms with E-state index < -0.39 is 0 Å². The van der Waals surface area contributed by atoms with E-state index in [1.807, 2.05) is 31.3 Å². The summed E-state index contributed by atoms with van der Waals surface area (Å²) >= 11 is 12.5. The lowest BCUT2D eigenvalue weighted by atomic mass is 10.1. The summed E-state index contributed by atoms with van der Waals surface area (Å²) in [6, 6.07) is 6.11. The molecule has 1 aromatic carbocycles. The Morgan fingerprint density at radius 1 is 1.27 bits per heavy atom. The van der Waals surface area contributed by atoms with Gasteiger partial charge >= 0.3 is 0 Å². The van der Waals surface area contributed by atoms with Gasteiger partial charge in [-0.1, -0.05) is 29.3 Å². The van der Waals surface area contributed by atoms with Gasteiger partial charge in [0.15, 0.2) is 0 Å². The molecule has 22 heavy (non-hydrogen) atoms. The van der Waals surface area contributed by atoms with Crippen molar-refractivity contribution in [1.29, 1.82) is 0 Å². The molecule has 0 radical (unpaired) electrons. The van der Waals surface area contributed by atoms with Crippen molar-refractivity contribution in [2.45, 2.75) is 19.5 Å². The summed E-state index contributed by atoms with van der Waals surface area (Å²) in [7, 11) is 2.11. The summed E-state index contributed by atoms with van der Waals surface area (Å²) in [5.74, 6) is 1.02. The number of rotatable bonds is 4. The minimum Gasteiger partial charge on any atom is -0.353 e. The van der Waals surface area contributed by atoms with Gasteiger partial charge in [0, 0.05) is 53.0 Å². The molecule has 0 N–H and O–H groups in total. The van der Waals surface area contributed by atoms with Crippen LogP contribution >= 0.6 is 23.2 Å². The van der Waals surface area contributed by atoms with Crippen LogP contribution < -0.4 is 4.90 Å². The second-order valence-electron chi connectivity index (χ2n) is 5.70. The maximum atomic E-state index is 6.25. The maximum Gasteiger partial charge on any atom is 0.134 e. The number of hydrogen-bond donors (Lipinski definition) is 0. The number of likely N-dealkylation sites (N-methyl/N-ethyl adjacent to an activating group) is 1. The van der Waals surface area contributed by atoms with Crippen molar-refractivity contribution < 1.29 is 0 Å². The SMILES string of the molecule is Cc1cncnc1N1CC(N(C)Cc2c(Cl)cccc2Cl)C1. The van der Waals surface area contributed by atoms with Gasteiger partial charge in [-0.2, -0.15) is 0 Å². The summed E-state index contributed by atoms with van der Waals surface area (Å²) in [6.07, 6.45) is 3.45. The molecule has 116 valence electrons. The highest BCUT2D eigenvalue weighted by molar-refractivity contribution is 6.35. The molecule has 6 heteroatoms. The number of anilines is 1. The summed E-state index contributed by atoms with van der Waals surface area (Å²) in [4.78, 5) is 13.0. The van der Waals surface area contributed by atoms with E-state index in [0.29, 0.717) is 6.04 Å². The van der Waals surface area contributed by atoms with Crippen LogP contribution in [-0.4, -0.2) is 41.0 Å². The van der Waals surface area contributed by atoms with Gasteiger partial charge in [-0.05, 0) is 26.1 Å². The zero-order valence-electron chi connectivity index (χ0n) is 12.6. The quantitative estimate of drug-likeness (QED) is 0.856. The Labute approximate surface area is 140 Å². The molecule has 4 nitrogen and oxygen atoms in total. The molecule has 0 amide bonds. The van der Waals surface area contributed by atoms with Crippen LogP contribution in [-0.2, 0) is 6.54 Å². The van der Waals surface area contributed by atoms with Crippen molar-refractivity contribution in [3.8, 4) is 0 Å². The van der Waals surface area contributed by atoms with Crippen LogP contribution in [0.25, 0.3) is 0 Å². The molecule has 1 aliphatic rings. The van der Waals surface area contributed by atoms with E-state index in [4.69, 9.17) is 23.2 Å². The Morgan fingerprint density at radius 2 is 1.95 bits per heavy atom. The Balaban J connectivity index is 1.62. The first-order valence-electron chi connectivity index (χ1n) is 7.21. The number of aromatic nitrogens is 2. The van der Waals surface area contributed by atoms with Crippen LogP contribution in [0.15, 0.2) is 30.7 Å². The zero-order valence-corrected chi connectivity index (χ0v) is 14.1. The third kappa shape index (κ3) is 3.05. The highest BCUT2D eigenvalue weighted by atomic mass is 35.5. The van der Waals surface area contributed by atoms with Gasteiger partial charge in [-0.25, -0.2) is 9.97 Å². The molecule has 3 rings (SSSR count). The van der Waals surface area contributed by atoms with Crippen LogP contribution in [0.3, 0.4) is 0 Å². The van der Waals surface area contributed by atoms with Gasteiger partial charge < -0.3 is 4.90 Å². The second kappa shape index (κ2) is 6.41. The summed E-state index contributed by atoms with van der Waals surface area (Å²) in [5.41, 5.74) is 2.10. The second-order valence-corrected chi connectivity index (χ2v) is 6.52. The minimum absolute atomic E-state index is 0.474. The molecule has 1 aliphatic heterocycles. The van der Waals surface area contributed by atoms with Crippen molar-refractivity contribution in [2.75, 3.05) is 25.0 Å². The van der Waals surface area contributed by atoms with E-state index in [1.165, 1.54) is 0 Å². The highest BCUT2D eigenvalue weighted by Crippen LogP contribution is 2.28. The number of halogens is 2. The van der Waals surface area contributed by atoms with Crippen LogP contribution in [0.5, 0.6) is 0 Å². The molecule has 1 aromatic heterocycles. The predicted molar refractivity (Wildman–Crippen MR) is 90.7 cm³/mol. The Morgan fingerprint density at radius 3 is 2.59 bits per heavy atom. The molecule has 1 fully saturated rings. The van der Waals surface area contributed by atoms with Gasteiger partial charge in [-0.15, -0.1) is 0 Å². The molecular formula is C16H18Cl2N4. The fraction of sp³-hybridized carbons (Fsp3) is 0.375. The van der Waals surface area contributed by atoms with Crippen LogP contribution in [0.4, 0.5) is 5.82 Å². The van der Waals surface area contributed by atoms with E-state index in [2.05, 4.69) is 26.8 Å². The molecule has 1 saturated heterocycles. The van der Waals surface area contributed by atoms with Crippen molar-refractivity contribution >= 4 is 29.0 Å². The van der Waals surface area contributed by atoms with Crippen molar-refractivity contribution in [2.24, 2.45) is 0 Å². The number of benzene rings is 1. The summed E-state index contributed by atoms with van der Waals surface area (Å²) in [6.45, 7) is 4.70. The normalized spacial score (nSPS) is 15.2. The lowest BCUT2D eigenvalue weighted by Gasteiger charge is -2.45. The van der Waals surface area contributed by atoms with Gasteiger partial charge in [0.25, 0.3) is 0 Å². The number of nitrogens with zero attached hydrogens (tertiary/aromatic N) is 4. The Kier molecular flexibility index (Phi) is 4.52. The van der Waals surface area contributed by atoms with E-state index in [-0.39, 0.29) is 0 Å². The van der Waals surface area contributed by atoms with Gasteiger partial charge in [-0.3, -0.25) is 4.90 Å². The van der Waals surface area contributed by atoms with Crippen LogP contribution in [0.2, 0.25) is 10.0 Å². The fourth-order valence-electron chi connectivity index (χ4n) is 2.69. The predicted octanol–water partition coefficient (Wildman–Crippen LogP) is 3.41. The molecular weight excluding hydrogens is 319 g/mol. The van der Waals surface area contributed by atoms with Crippen molar-refractivity contribution in [3.05, 3.63) is 51.9 Å². The van der Waals surface area contributed by atoms with Crippen molar-refractivity contribution in [1.82, 2.24) is 14.9 Å². The minimum atomic E-state index is 0.474. The van der Waals surface area contributed by atoms with Gasteiger partial charge in [0.2, 0.25) is 0 Å². The molecule has 2 aromatic rings. The maximum absolute atomic E-state index is 6.25. The lowest BCUT2D eigenvalue weighted by Crippen LogP contribution is -2.58.